The summed E-state index contributed by atoms with van der Waals surface area (Å²) in [5.74, 6) is -0.598. The third kappa shape index (κ3) is 2.50. The fraction of sp³-hybridized carbons (Fsp3) is 0.167. The van der Waals surface area contributed by atoms with E-state index >= 15 is 0 Å². The minimum atomic E-state index is -3.97. The van der Waals surface area contributed by atoms with E-state index in [2.05, 4.69) is 0 Å². The van der Waals surface area contributed by atoms with Gasteiger partial charge in [0.05, 0.1) is 12.0 Å². The summed E-state index contributed by atoms with van der Waals surface area (Å²) in [6, 6.07) is 9.56. The Kier molecular flexibility index (Phi) is 3.39. The van der Waals surface area contributed by atoms with Crippen molar-refractivity contribution < 1.29 is 18.1 Å². The Morgan fingerprint density at radius 2 is 1.79 bits per heavy atom. The summed E-state index contributed by atoms with van der Waals surface area (Å²) in [6.07, 6.45) is 0. The summed E-state index contributed by atoms with van der Waals surface area (Å²) in [7, 11) is -2.49. The number of rotatable bonds is 4. The second-order valence-electron chi connectivity index (χ2n) is 3.89. The van der Waals surface area contributed by atoms with Crippen molar-refractivity contribution in [1.29, 1.82) is 0 Å². The Morgan fingerprint density at radius 3 is 2.37 bits per heavy atom. The molecule has 0 saturated carbocycles. The Morgan fingerprint density at radius 1 is 1.16 bits per heavy atom. The van der Waals surface area contributed by atoms with Gasteiger partial charge in [0.25, 0.3) is 0 Å². The highest BCUT2D eigenvalue weighted by Gasteiger charge is 2.24. The summed E-state index contributed by atoms with van der Waals surface area (Å²) in [4.78, 5) is 9.54. The first-order valence-corrected chi connectivity index (χ1v) is 7.01. The number of hydrogen-bond donors (Lipinski definition) is 0. The van der Waals surface area contributed by atoms with Gasteiger partial charge in [-0.25, -0.2) is 8.42 Å². The molecule has 6 nitrogen and oxygen atoms in total. The molecule has 0 unspecified atom stereocenters. The minimum absolute atomic E-state index is 0.0550. The molecular formula is C12H11NO5S. The number of ether oxygens (including phenoxy) is 1. The molecule has 0 aromatic heterocycles. The van der Waals surface area contributed by atoms with Gasteiger partial charge in [-0.15, -0.1) is 0 Å². The van der Waals surface area contributed by atoms with E-state index in [-0.39, 0.29) is 4.90 Å². The van der Waals surface area contributed by atoms with Gasteiger partial charge in [-0.2, -0.15) is 0 Å². The molecule has 19 heavy (non-hydrogen) atoms. The molecular weight excluding hydrogens is 270 g/mol. The maximum Gasteiger partial charge on any atom is 0.305 e. The van der Waals surface area contributed by atoms with Crippen LogP contribution in [0.1, 0.15) is 0 Å². The molecule has 0 N–H and O–H groups in total. The van der Waals surface area contributed by atoms with Crippen molar-refractivity contribution in [3.05, 3.63) is 46.5 Å². The van der Waals surface area contributed by atoms with Gasteiger partial charge >= 0.3 is 5.88 Å². The standard InChI is InChI=1S/C12H11NO5S/c1-18-11-6-7-12(19(16,17)8-13(14)15)10-5-3-2-4-9(10)11/h2-7H,8H2,1H3. The van der Waals surface area contributed by atoms with E-state index in [9.17, 15) is 18.5 Å². The highest BCUT2D eigenvalue weighted by Crippen LogP contribution is 2.31. The van der Waals surface area contributed by atoms with E-state index in [1.54, 1.807) is 24.3 Å². The van der Waals surface area contributed by atoms with Crippen LogP contribution in [0.3, 0.4) is 0 Å². The molecule has 0 fully saturated rings. The third-order valence-corrected chi connectivity index (χ3v) is 4.25. The Bertz CT molecular complexity index is 739. The molecule has 0 amide bonds. The maximum absolute atomic E-state index is 12.0. The lowest BCUT2D eigenvalue weighted by Crippen LogP contribution is -2.14. The Labute approximate surface area is 109 Å². The molecule has 2 aromatic rings. The van der Waals surface area contributed by atoms with Crippen molar-refractivity contribution >= 4 is 20.6 Å². The molecule has 7 heteroatoms. The van der Waals surface area contributed by atoms with Gasteiger partial charge in [0, 0.05) is 15.7 Å². The fourth-order valence-corrected chi connectivity index (χ4v) is 3.11. The molecule has 0 radical (unpaired) electrons. The zero-order valence-corrected chi connectivity index (χ0v) is 10.9. The first kappa shape index (κ1) is 13.3. The Balaban J connectivity index is 2.73. The van der Waals surface area contributed by atoms with Gasteiger partial charge < -0.3 is 4.74 Å². The minimum Gasteiger partial charge on any atom is -0.496 e. The summed E-state index contributed by atoms with van der Waals surface area (Å²) in [6.45, 7) is 0. The van der Waals surface area contributed by atoms with Gasteiger partial charge in [0.1, 0.15) is 5.75 Å². The van der Waals surface area contributed by atoms with Crippen molar-refractivity contribution in [2.24, 2.45) is 0 Å². The van der Waals surface area contributed by atoms with E-state index in [1.165, 1.54) is 19.2 Å². The molecule has 0 spiro atoms. The summed E-state index contributed by atoms with van der Waals surface area (Å²) in [5.41, 5.74) is 0. The maximum atomic E-state index is 12.0. The van der Waals surface area contributed by atoms with Crippen LogP contribution in [0.5, 0.6) is 5.75 Å². The van der Waals surface area contributed by atoms with E-state index in [4.69, 9.17) is 4.74 Å². The van der Waals surface area contributed by atoms with E-state index < -0.39 is 20.6 Å². The van der Waals surface area contributed by atoms with Crippen LogP contribution in [0, 0.1) is 10.1 Å². The van der Waals surface area contributed by atoms with Crippen LogP contribution in [0.25, 0.3) is 10.8 Å². The van der Waals surface area contributed by atoms with Crippen molar-refractivity contribution in [3.8, 4) is 5.75 Å². The van der Waals surface area contributed by atoms with Crippen molar-refractivity contribution in [1.82, 2.24) is 0 Å². The number of fused-ring (bicyclic) bond motifs is 1. The van der Waals surface area contributed by atoms with Gasteiger partial charge in [0.15, 0.2) is 0 Å². The molecule has 2 aromatic carbocycles. The molecule has 0 heterocycles. The number of sulfone groups is 1. The van der Waals surface area contributed by atoms with Crippen LogP contribution < -0.4 is 4.74 Å². The molecule has 0 bridgehead atoms. The highest BCUT2D eigenvalue weighted by atomic mass is 32.2. The van der Waals surface area contributed by atoms with Crippen molar-refractivity contribution in [3.63, 3.8) is 0 Å². The molecule has 100 valence electrons. The lowest BCUT2D eigenvalue weighted by Gasteiger charge is -2.09. The van der Waals surface area contributed by atoms with Crippen LogP contribution in [0.15, 0.2) is 41.3 Å². The molecule has 2 rings (SSSR count). The monoisotopic (exact) mass is 281 g/mol. The van der Waals surface area contributed by atoms with Crippen LogP contribution in [0.4, 0.5) is 0 Å². The van der Waals surface area contributed by atoms with Crippen LogP contribution in [0.2, 0.25) is 0 Å². The molecule has 0 aliphatic heterocycles. The normalized spacial score (nSPS) is 11.4. The van der Waals surface area contributed by atoms with E-state index in [0.29, 0.717) is 16.5 Å². The zero-order chi connectivity index (χ0) is 14.0. The average Bonchev–Trinajstić information content (AvgIpc) is 2.35. The molecule has 0 aliphatic carbocycles. The van der Waals surface area contributed by atoms with Gasteiger partial charge in [-0.3, -0.25) is 10.1 Å². The lowest BCUT2D eigenvalue weighted by molar-refractivity contribution is -0.458. The zero-order valence-electron chi connectivity index (χ0n) is 10.1. The molecule has 0 aliphatic rings. The predicted molar refractivity (Wildman–Crippen MR) is 69.5 cm³/mol. The summed E-state index contributed by atoms with van der Waals surface area (Å²) in [5, 5.41) is 11.5. The van der Waals surface area contributed by atoms with Gasteiger partial charge in [0.2, 0.25) is 9.84 Å². The second-order valence-corrected chi connectivity index (χ2v) is 5.82. The average molecular weight is 281 g/mol. The smallest absolute Gasteiger partial charge is 0.305 e. The SMILES string of the molecule is COc1ccc(S(=O)(=O)C[N+](=O)[O-])c2ccccc12. The quantitative estimate of drug-likeness (QED) is 0.630. The lowest BCUT2D eigenvalue weighted by atomic mass is 10.1. The van der Waals surface area contributed by atoms with E-state index in [1.807, 2.05) is 0 Å². The van der Waals surface area contributed by atoms with Crippen LogP contribution >= 0.6 is 0 Å². The van der Waals surface area contributed by atoms with Crippen LogP contribution in [-0.4, -0.2) is 26.3 Å². The largest absolute Gasteiger partial charge is 0.496 e. The number of hydrogen-bond acceptors (Lipinski definition) is 5. The fourth-order valence-electron chi connectivity index (χ4n) is 1.90. The number of methoxy groups -OCH3 is 1. The van der Waals surface area contributed by atoms with Crippen molar-refractivity contribution in [2.45, 2.75) is 4.90 Å². The first-order valence-electron chi connectivity index (χ1n) is 5.36. The Hall–Kier alpha value is -2.15. The highest BCUT2D eigenvalue weighted by molar-refractivity contribution is 7.91. The predicted octanol–water partition coefficient (Wildman–Crippen LogP) is 1.86. The third-order valence-electron chi connectivity index (χ3n) is 2.67. The summed E-state index contributed by atoms with van der Waals surface area (Å²) >= 11 is 0. The molecule has 0 atom stereocenters. The second kappa shape index (κ2) is 4.85. The topological polar surface area (TPSA) is 86.5 Å². The summed E-state index contributed by atoms with van der Waals surface area (Å²) < 4.78 is 29.1. The molecule has 0 saturated heterocycles. The first-order chi connectivity index (χ1) is 8.95. The number of nitro groups is 1. The van der Waals surface area contributed by atoms with Crippen molar-refractivity contribution in [2.75, 3.05) is 13.0 Å². The van der Waals surface area contributed by atoms with Crippen LogP contribution in [-0.2, 0) is 9.84 Å². The van der Waals surface area contributed by atoms with Gasteiger partial charge in [-0.1, -0.05) is 24.3 Å². The van der Waals surface area contributed by atoms with Gasteiger partial charge in [-0.05, 0) is 12.1 Å². The number of benzene rings is 2. The number of nitrogens with zero attached hydrogens (tertiary/aromatic N) is 1. The van der Waals surface area contributed by atoms with E-state index in [0.717, 1.165) is 0 Å².